The highest BCUT2D eigenvalue weighted by Gasteiger charge is 2.25. The van der Waals surface area contributed by atoms with Gasteiger partial charge in [-0.2, -0.15) is 0 Å². The molecule has 1 aromatic heterocycles. The van der Waals surface area contributed by atoms with Crippen molar-refractivity contribution < 1.29 is 22.8 Å². The number of nitrogens with one attached hydrogen (secondary N) is 1. The van der Waals surface area contributed by atoms with Gasteiger partial charge in [0.2, 0.25) is 5.91 Å². The summed E-state index contributed by atoms with van der Waals surface area (Å²) in [4.78, 5) is 31.8. The van der Waals surface area contributed by atoms with Gasteiger partial charge in [-0.1, -0.05) is 6.07 Å². The number of nitrogens with zero attached hydrogens (tertiary/aromatic N) is 2. The minimum absolute atomic E-state index is 0.0699. The van der Waals surface area contributed by atoms with Gasteiger partial charge in [-0.05, 0) is 79.1 Å². The lowest BCUT2D eigenvalue weighted by Gasteiger charge is -2.31. The zero-order valence-corrected chi connectivity index (χ0v) is 19.3. The number of anilines is 2. The van der Waals surface area contributed by atoms with Crippen LogP contribution in [0.4, 0.5) is 20.2 Å². The lowest BCUT2D eigenvalue weighted by molar-refractivity contribution is -0.118. The van der Waals surface area contributed by atoms with Crippen LogP contribution in [0.2, 0.25) is 0 Å². The summed E-state index contributed by atoms with van der Waals surface area (Å²) in [6.45, 7) is 0.577. The summed E-state index contributed by atoms with van der Waals surface area (Å²) in [5, 5.41) is 2.90. The zero-order valence-electron chi connectivity index (χ0n) is 19.3. The van der Waals surface area contributed by atoms with Crippen LogP contribution in [0.1, 0.15) is 34.7 Å². The first kappa shape index (κ1) is 23.4. The maximum atomic E-state index is 13.2. The Kier molecular flexibility index (Phi) is 6.58. The molecule has 3 aromatic carbocycles. The van der Waals surface area contributed by atoms with Gasteiger partial charge in [-0.15, -0.1) is 0 Å². The molecule has 0 aliphatic carbocycles. The van der Waals surface area contributed by atoms with Crippen LogP contribution < -0.4 is 10.2 Å². The van der Waals surface area contributed by atoms with Crippen molar-refractivity contribution in [1.82, 2.24) is 4.98 Å². The maximum absolute atomic E-state index is 13.2. The predicted octanol–water partition coefficient (Wildman–Crippen LogP) is 5.78. The third-order valence-electron chi connectivity index (χ3n) is 6.14. The molecular weight excluding hydrogens is 464 g/mol. The highest BCUT2D eigenvalue weighted by molar-refractivity contribution is 6.05. The number of aryl methyl sites for hydroxylation is 1. The van der Waals surface area contributed by atoms with Crippen molar-refractivity contribution in [2.75, 3.05) is 16.8 Å². The number of benzene rings is 3. The molecule has 0 unspecified atom stereocenters. The van der Waals surface area contributed by atoms with Gasteiger partial charge in [0.1, 0.15) is 11.6 Å². The topological polar surface area (TPSA) is 75.4 Å². The van der Waals surface area contributed by atoms with Crippen LogP contribution in [0.15, 0.2) is 77.3 Å². The van der Waals surface area contributed by atoms with Gasteiger partial charge in [-0.3, -0.25) is 9.59 Å². The fourth-order valence-electron chi connectivity index (χ4n) is 4.32. The number of carbonyl (C=O) groups excluding carboxylic acids is 2. The average molecular weight is 488 g/mol. The van der Waals surface area contributed by atoms with Crippen molar-refractivity contribution in [3.05, 3.63) is 102 Å². The number of fused-ring (bicyclic) bond motifs is 1. The molecule has 0 saturated carbocycles. The van der Waals surface area contributed by atoms with Crippen LogP contribution in [0.5, 0.6) is 0 Å². The number of rotatable bonds is 6. The number of halogens is 2. The summed E-state index contributed by atoms with van der Waals surface area (Å²) in [5.41, 5.74) is 3.35. The van der Waals surface area contributed by atoms with Crippen molar-refractivity contribution in [1.29, 1.82) is 0 Å². The van der Waals surface area contributed by atoms with Gasteiger partial charge < -0.3 is 14.6 Å². The van der Waals surface area contributed by atoms with E-state index in [2.05, 4.69) is 10.3 Å². The molecule has 0 atom stereocenters. The molecule has 8 heteroatoms. The Balaban J connectivity index is 1.27. The summed E-state index contributed by atoms with van der Waals surface area (Å²) in [5.74, 6) is -0.201. The monoisotopic (exact) mass is 487 g/mol. The van der Waals surface area contributed by atoms with Crippen molar-refractivity contribution in [3.63, 3.8) is 0 Å². The summed E-state index contributed by atoms with van der Waals surface area (Å²) in [6.07, 6.45) is 3.58. The molecule has 36 heavy (non-hydrogen) atoms. The molecular formula is C28H23F2N3O3. The van der Waals surface area contributed by atoms with Crippen molar-refractivity contribution >= 4 is 23.2 Å². The van der Waals surface area contributed by atoms with E-state index < -0.39 is 5.82 Å². The second kappa shape index (κ2) is 10.1. The molecule has 4 aromatic rings. The smallest absolute Gasteiger partial charge is 0.255 e. The van der Waals surface area contributed by atoms with E-state index in [0.29, 0.717) is 41.4 Å². The van der Waals surface area contributed by atoms with Gasteiger partial charge >= 0.3 is 0 Å². The third-order valence-corrected chi connectivity index (χ3v) is 6.14. The Morgan fingerprint density at radius 1 is 0.972 bits per heavy atom. The van der Waals surface area contributed by atoms with Gasteiger partial charge in [0.25, 0.3) is 5.91 Å². The van der Waals surface area contributed by atoms with Gasteiger partial charge in [0, 0.05) is 41.9 Å². The first-order valence-electron chi connectivity index (χ1n) is 11.7. The van der Waals surface area contributed by atoms with E-state index >= 15 is 0 Å². The molecule has 1 aliphatic rings. The van der Waals surface area contributed by atoms with E-state index in [1.807, 2.05) is 6.07 Å². The Morgan fingerprint density at radius 2 is 1.69 bits per heavy atom. The van der Waals surface area contributed by atoms with Gasteiger partial charge in [0.05, 0.1) is 6.20 Å². The second-order valence-corrected chi connectivity index (χ2v) is 8.54. The number of carbonyl (C=O) groups is 2. The maximum Gasteiger partial charge on any atom is 0.255 e. The molecule has 0 bridgehead atoms. The van der Waals surface area contributed by atoms with Crippen LogP contribution in [-0.4, -0.2) is 23.3 Å². The van der Waals surface area contributed by atoms with E-state index in [4.69, 9.17) is 4.42 Å². The second-order valence-electron chi connectivity index (χ2n) is 8.54. The largest absolute Gasteiger partial charge is 0.441 e. The summed E-state index contributed by atoms with van der Waals surface area (Å²) in [7, 11) is 0. The van der Waals surface area contributed by atoms with Crippen molar-refractivity contribution in [3.8, 4) is 11.3 Å². The number of aromatic nitrogens is 1. The van der Waals surface area contributed by atoms with Gasteiger partial charge in [0.15, 0.2) is 11.7 Å². The van der Waals surface area contributed by atoms with Crippen molar-refractivity contribution in [2.45, 2.75) is 25.7 Å². The van der Waals surface area contributed by atoms with Crippen LogP contribution >= 0.6 is 0 Å². The SMILES string of the molecule is O=C(Nc1cccc2c1CCCN2C(=O)CCc1ncc(-c2ccc(F)cc2)o1)c1ccc(F)cc1. The molecule has 0 fully saturated rings. The van der Waals surface area contributed by atoms with Gasteiger partial charge in [-0.25, -0.2) is 13.8 Å². The molecule has 0 spiro atoms. The predicted molar refractivity (Wildman–Crippen MR) is 132 cm³/mol. The molecule has 182 valence electrons. The molecule has 0 radical (unpaired) electrons. The summed E-state index contributed by atoms with van der Waals surface area (Å²) >= 11 is 0. The standard InChI is InChI=1S/C28H23F2N3O3/c29-20-10-6-18(7-11-20)25-17-31-26(36-25)14-15-27(34)33-16-2-3-22-23(4-1-5-24(22)33)32-28(35)19-8-12-21(30)13-9-19/h1,4-13,17H,2-3,14-16H2,(H,32,35). The molecule has 0 saturated heterocycles. The normalized spacial score (nSPS) is 12.8. The van der Waals surface area contributed by atoms with E-state index in [9.17, 15) is 18.4 Å². The minimum Gasteiger partial charge on any atom is -0.441 e. The molecule has 6 nitrogen and oxygen atoms in total. The fraction of sp³-hybridized carbons (Fsp3) is 0.179. The number of oxazole rings is 1. The van der Waals surface area contributed by atoms with E-state index in [0.717, 1.165) is 24.1 Å². The lowest BCUT2D eigenvalue weighted by Crippen LogP contribution is -2.36. The molecule has 2 heterocycles. The molecule has 1 aliphatic heterocycles. The number of hydrogen-bond donors (Lipinski definition) is 1. The van der Waals surface area contributed by atoms with Crippen LogP contribution in [0.25, 0.3) is 11.3 Å². The van der Waals surface area contributed by atoms with Crippen LogP contribution in [-0.2, 0) is 17.6 Å². The van der Waals surface area contributed by atoms with Crippen LogP contribution in [0.3, 0.4) is 0 Å². The quantitative estimate of drug-likeness (QED) is 0.374. The van der Waals surface area contributed by atoms with E-state index in [1.165, 1.54) is 36.4 Å². The van der Waals surface area contributed by atoms with E-state index in [-0.39, 0.29) is 24.1 Å². The Bertz CT molecular complexity index is 1400. The summed E-state index contributed by atoms with van der Waals surface area (Å²) < 4.78 is 32.1. The summed E-state index contributed by atoms with van der Waals surface area (Å²) in [6, 6.07) is 16.8. The van der Waals surface area contributed by atoms with Crippen LogP contribution in [0, 0.1) is 11.6 Å². The Hall–Kier alpha value is -4.33. The number of hydrogen-bond acceptors (Lipinski definition) is 4. The minimum atomic E-state index is -0.408. The Labute approximate surface area is 206 Å². The first-order chi connectivity index (χ1) is 17.5. The molecule has 5 rings (SSSR count). The highest BCUT2D eigenvalue weighted by Crippen LogP contribution is 2.34. The fourth-order valence-corrected chi connectivity index (χ4v) is 4.32. The third kappa shape index (κ3) is 5.02. The first-order valence-corrected chi connectivity index (χ1v) is 11.7. The molecule has 1 N–H and O–H groups in total. The van der Waals surface area contributed by atoms with Crippen molar-refractivity contribution in [2.24, 2.45) is 0 Å². The van der Waals surface area contributed by atoms with E-state index in [1.54, 1.807) is 35.4 Å². The zero-order chi connectivity index (χ0) is 25.1. The Morgan fingerprint density at radius 3 is 2.44 bits per heavy atom. The molecule has 2 amide bonds. The lowest BCUT2D eigenvalue weighted by atomic mass is 9.98. The number of amides is 2. The average Bonchev–Trinajstić information content (AvgIpc) is 3.37. The highest BCUT2D eigenvalue weighted by atomic mass is 19.1.